The van der Waals surface area contributed by atoms with E-state index < -0.39 is 5.83 Å². The van der Waals surface area contributed by atoms with Gasteiger partial charge in [0, 0.05) is 36.5 Å². The van der Waals surface area contributed by atoms with Crippen LogP contribution in [0.2, 0.25) is 0 Å². The molecule has 2 aliphatic rings. The van der Waals surface area contributed by atoms with Gasteiger partial charge in [-0.1, -0.05) is 30.3 Å². The fourth-order valence-corrected chi connectivity index (χ4v) is 3.98. The molecule has 4 rings (SSSR count). The number of urea groups is 1. The first kappa shape index (κ1) is 19.0. The number of hydrogen-bond acceptors (Lipinski definition) is 5. The highest BCUT2D eigenvalue weighted by Crippen LogP contribution is 2.37. The summed E-state index contributed by atoms with van der Waals surface area (Å²) in [5, 5.41) is 11.2. The first-order valence-corrected chi connectivity index (χ1v) is 9.69. The molecular formula is C21H23FN6O. The Labute approximate surface area is 168 Å². The Morgan fingerprint density at radius 3 is 2.76 bits per heavy atom. The van der Waals surface area contributed by atoms with E-state index in [1.165, 1.54) is 6.20 Å². The van der Waals surface area contributed by atoms with Crippen LogP contribution < -0.4 is 11.1 Å². The Hall–Kier alpha value is -3.29. The van der Waals surface area contributed by atoms with E-state index in [1.54, 1.807) is 11.0 Å². The molecule has 1 saturated carbocycles. The zero-order valence-corrected chi connectivity index (χ0v) is 15.9. The molecule has 1 aromatic heterocycles. The van der Waals surface area contributed by atoms with Crippen molar-refractivity contribution in [1.29, 1.82) is 5.41 Å². The summed E-state index contributed by atoms with van der Waals surface area (Å²) in [7, 11) is 0. The highest BCUT2D eigenvalue weighted by Gasteiger charge is 2.38. The van der Waals surface area contributed by atoms with Gasteiger partial charge >= 0.3 is 6.03 Å². The van der Waals surface area contributed by atoms with Crippen molar-refractivity contribution < 1.29 is 9.18 Å². The van der Waals surface area contributed by atoms with Gasteiger partial charge in [-0.25, -0.2) is 19.2 Å². The lowest BCUT2D eigenvalue weighted by atomic mass is 9.78. The number of benzene rings is 1. The minimum absolute atomic E-state index is 0.00522. The number of aromatic nitrogens is 2. The third kappa shape index (κ3) is 3.83. The Kier molecular flexibility index (Phi) is 5.24. The second-order valence-electron chi connectivity index (χ2n) is 7.42. The van der Waals surface area contributed by atoms with Crippen LogP contribution in [-0.4, -0.2) is 32.8 Å². The zero-order chi connectivity index (χ0) is 20.4. The predicted molar refractivity (Wildman–Crippen MR) is 108 cm³/mol. The van der Waals surface area contributed by atoms with E-state index in [2.05, 4.69) is 15.3 Å². The molecule has 2 amide bonds. The number of amidine groups is 1. The fourth-order valence-electron chi connectivity index (χ4n) is 3.98. The maximum atomic E-state index is 13.6. The van der Waals surface area contributed by atoms with Gasteiger partial charge in [0.1, 0.15) is 5.84 Å². The quantitative estimate of drug-likeness (QED) is 0.738. The summed E-state index contributed by atoms with van der Waals surface area (Å²) in [4.78, 5) is 22.5. The minimum Gasteiger partial charge on any atom is -0.402 e. The van der Waals surface area contributed by atoms with E-state index in [1.807, 2.05) is 30.3 Å². The van der Waals surface area contributed by atoms with E-state index >= 15 is 0 Å². The van der Waals surface area contributed by atoms with Crippen LogP contribution in [0, 0.1) is 5.41 Å². The van der Waals surface area contributed by atoms with E-state index in [9.17, 15) is 9.18 Å². The highest BCUT2D eigenvalue weighted by atomic mass is 19.1. The van der Waals surface area contributed by atoms with Gasteiger partial charge in [0.15, 0.2) is 11.7 Å². The summed E-state index contributed by atoms with van der Waals surface area (Å²) in [6.07, 6.45) is 5.14. The van der Waals surface area contributed by atoms with Gasteiger partial charge in [-0.3, -0.25) is 10.3 Å². The van der Waals surface area contributed by atoms with E-state index in [0.29, 0.717) is 25.1 Å². The molecule has 1 unspecified atom stereocenters. The van der Waals surface area contributed by atoms with E-state index in [0.717, 1.165) is 23.9 Å². The molecule has 7 nitrogen and oxygen atoms in total. The average Bonchev–Trinajstić information content (AvgIpc) is 3.12. The third-order valence-electron chi connectivity index (χ3n) is 5.58. The smallest absolute Gasteiger partial charge is 0.323 e. The maximum absolute atomic E-state index is 13.6. The van der Waals surface area contributed by atoms with Crippen LogP contribution in [-0.2, 0) is 0 Å². The molecule has 1 saturated heterocycles. The Balaban J connectivity index is 1.38. The predicted octanol–water partition coefficient (Wildman–Crippen LogP) is 3.47. The number of rotatable bonds is 4. The molecule has 150 valence electrons. The van der Waals surface area contributed by atoms with Gasteiger partial charge < -0.3 is 11.1 Å². The van der Waals surface area contributed by atoms with E-state index in [4.69, 9.17) is 11.1 Å². The summed E-state index contributed by atoms with van der Waals surface area (Å²) in [6.45, 7) is 0. The van der Waals surface area contributed by atoms with Crippen molar-refractivity contribution in [1.82, 2.24) is 20.2 Å². The second kappa shape index (κ2) is 7.98. The zero-order valence-electron chi connectivity index (χ0n) is 15.9. The van der Waals surface area contributed by atoms with Crippen molar-refractivity contribution in [2.75, 3.05) is 0 Å². The number of carbonyl (C=O) groups is 1. The largest absolute Gasteiger partial charge is 0.402 e. The van der Waals surface area contributed by atoms with Crippen LogP contribution in [0.15, 0.2) is 48.8 Å². The van der Waals surface area contributed by atoms with Crippen molar-refractivity contribution in [2.45, 2.75) is 43.7 Å². The van der Waals surface area contributed by atoms with Crippen molar-refractivity contribution in [3.63, 3.8) is 0 Å². The van der Waals surface area contributed by atoms with Crippen LogP contribution in [0.1, 0.15) is 54.7 Å². The van der Waals surface area contributed by atoms with Crippen LogP contribution in [0.25, 0.3) is 5.83 Å². The van der Waals surface area contributed by atoms with Crippen LogP contribution in [0.5, 0.6) is 0 Å². The SMILES string of the molecule is N=C1CCC(c2ccccc2)N1C(=O)NC1CC(c2ccnc(/C(F)=C\N)n2)C1. The molecule has 29 heavy (non-hydrogen) atoms. The molecule has 2 aromatic rings. The summed E-state index contributed by atoms with van der Waals surface area (Å²) < 4.78 is 13.6. The first-order chi connectivity index (χ1) is 14.1. The third-order valence-corrected chi connectivity index (χ3v) is 5.58. The molecule has 2 heterocycles. The maximum Gasteiger partial charge on any atom is 0.323 e. The van der Waals surface area contributed by atoms with Crippen molar-refractivity contribution in [3.05, 3.63) is 65.9 Å². The average molecular weight is 394 g/mol. The van der Waals surface area contributed by atoms with Crippen LogP contribution in [0.4, 0.5) is 9.18 Å². The number of hydrogen-bond donors (Lipinski definition) is 3. The number of carbonyl (C=O) groups excluding carboxylic acids is 1. The van der Waals surface area contributed by atoms with Gasteiger partial charge in [-0.05, 0) is 30.9 Å². The van der Waals surface area contributed by atoms with Crippen molar-refractivity contribution in [3.8, 4) is 0 Å². The highest BCUT2D eigenvalue weighted by molar-refractivity contribution is 5.98. The molecule has 2 fully saturated rings. The van der Waals surface area contributed by atoms with Crippen LogP contribution in [0.3, 0.4) is 0 Å². The Bertz CT molecular complexity index is 941. The summed E-state index contributed by atoms with van der Waals surface area (Å²) >= 11 is 0. The van der Waals surface area contributed by atoms with Gasteiger partial charge in [-0.2, -0.15) is 0 Å². The summed E-state index contributed by atoms with van der Waals surface area (Å²) in [5.41, 5.74) is 6.98. The molecule has 8 heteroatoms. The first-order valence-electron chi connectivity index (χ1n) is 9.69. The van der Waals surface area contributed by atoms with Gasteiger partial charge in [0.25, 0.3) is 0 Å². The molecule has 1 aliphatic carbocycles. The molecule has 0 spiro atoms. The number of halogens is 1. The molecule has 4 N–H and O–H groups in total. The van der Waals surface area contributed by atoms with Crippen LogP contribution >= 0.6 is 0 Å². The molecular weight excluding hydrogens is 371 g/mol. The Morgan fingerprint density at radius 1 is 1.28 bits per heavy atom. The molecule has 1 aromatic carbocycles. The van der Waals surface area contributed by atoms with Crippen molar-refractivity contribution >= 4 is 17.7 Å². The Morgan fingerprint density at radius 2 is 2.03 bits per heavy atom. The second-order valence-corrected chi connectivity index (χ2v) is 7.42. The number of nitrogens with zero attached hydrogens (tertiary/aromatic N) is 3. The molecule has 0 bridgehead atoms. The lowest BCUT2D eigenvalue weighted by Crippen LogP contribution is -2.50. The van der Waals surface area contributed by atoms with Gasteiger partial charge in [0.05, 0.1) is 6.04 Å². The standard InChI is InChI=1S/C21H23FN6O/c22-16(12-23)20-25-9-8-17(27-20)14-10-15(11-14)26-21(29)28-18(6-7-19(28)24)13-4-2-1-3-5-13/h1-5,8-9,12,14-15,18,24H,6-7,10-11,23H2,(H,26,29)/b16-12+,24-19?. The number of nitrogens with two attached hydrogens (primary N) is 1. The number of likely N-dealkylation sites (tertiary alicyclic amines) is 1. The monoisotopic (exact) mass is 394 g/mol. The van der Waals surface area contributed by atoms with Gasteiger partial charge in [0.2, 0.25) is 0 Å². The molecule has 0 radical (unpaired) electrons. The molecule has 1 atom stereocenters. The molecule has 1 aliphatic heterocycles. The topological polar surface area (TPSA) is 108 Å². The summed E-state index contributed by atoms with van der Waals surface area (Å²) in [6, 6.07) is 11.2. The lowest BCUT2D eigenvalue weighted by Gasteiger charge is -2.37. The summed E-state index contributed by atoms with van der Waals surface area (Å²) in [5.74, 6) is -0.198. The van der Waals surface area contributed by atoms with Crippen molar-refractivity contribution in [2.24, 2.45) is 5.73 Å². The fraction of sp³-hybridized carbons (Fsp3) is 0.333. The van der Waals surface area contributed by atoms with Gasteiger partial charge in [-0.15, -0.1) is 0 Å². The lowest BCUT2D eigenvalue weighted by molar-refractivity contribution is 0.195. The minimum atomic E-state index is -0.657. The van der Waals surface area contributed by atoms with E-state index in [-0.39, 0.29) is 29.9 Å². The normalized spacial score (nSPS) is 24.3. The number of nitrogens with one attached hydrogen (secondary N) is 2. The number of amides is 2.